The zero-order valence-electron chi connectivity index (χ0n) is 19.2. The summed E-state index contributed by atoms with van der Waals surface area (Å²) in [6.07, 6.45) is 13.0. The van der Waals surface area contributed by atoms with Crippen LogP contribution in [-0.2, 0) is 22.3 Å². The summed E-state index contributed by atoms with van der Waals surface area (Å²) in [4.78, 5) is 24.1. The predicted molar refractivity (Wildman–Crippen MR) is 119 cm³/mol. The van der Waals surface area contributed by atoms with Gasteiger partial charge >= 0.3 is 24.3 Å². The quantitative estimate of drug-likeness (QED) is 0.221. The maximum Gasteiger partial charge on any atom is 0.705 e. The molecule has 1 rings (SSSR count). The lowest BCUT2D eigenvalue weighted by Gasteiger charge is -2.64. The van der Waals surface area contributed by atoms with Crippen molar-refractivity contribution >= 4 is 24.3 Å². The second-order valence-corrected chi connectivity index (χ2v) is 11.1. The lowest BCUT2D eigenvalue weighted by molar-refractivity contribution is -0.111. The molecule has 0 aliphatic heterocycles. The van der Waals surface area contributed by atoms with Gasteiger partial charge in [-0.2, -0.15) is 0 Å². The first-order valence-corrected chi connectivity index (χ1v) is 14.3. The van der Waals surface area contributed by atoms with E-state index in [1.54, 1.807) is 0 Å². The molecule has 0 amide bonds. The molecule has 0 heterocycles. The third-order valence-electron chi connectivity index (χ3n) is 7.44. The van der Waals surface area contributed by atoms with Crippen molar-refractivity contribution in [2.24, 2.45) is 22.2 Å². The van der Waals surface area contributed by atoms with Crippen molar-refractivity contribution < 1.29 is 37.0 Å². The Hall–Kier alpha value is -0.0300. The monoisotopic (exact) mass is 488 g/mol. The number of hydrogen-bond donors (Lipinski definition) is 3. The smallest absolute Gasteiger partial charge is 0.297 e. The molecular formula is C19H39O8P3+2. The minimum atomic E-state index is -4.87. The van der Waals surface area contributed by atoms with Crippen LogP contribution in [0.4, 0.5) is 0 Å². The highest BCUT2D eigenvalue weighted by Gasteiger charge is 2.59. The number of rotatable bonds is 10. The number of hydrogen-bond acceptors (Lipinski definition) is 5. The average Bonchev–Trinajstić information content (AvgIpc) is 2.65. The molecule has 176 valence electrons. The maximum atomic E-state index is 10.3. The van der Waals surface area contributed by atoms with Gasteiger partial charge in [-0.1, -0.05) is 60.6 Å². The molecule has 0 radical (unpaired) electrons. The van der Waals surface area contributed by atoms with Gasteiger partial charge in [-0.25, -0.2) is 4.57 Å². The van der Waals surface area contributed by atoms with Crippen LogP contribution < -0.4 is 0 Å². The molecule has 0 fully saturated rings. The minimum absolute atomic E-state index is 0.369. The van der Waals surface area contributed by atoms with Crippen LogP contribution in [0, 0.1) is 22.2 Å². The van der Waals surface area contributed by atoms with E-state index >= 15 is 0 Å². The Morgan fingerprint density at radius 2 is 1.33 bits per heavy atom. The zero-order chi connectivity index (χ0) is 23.8. The van der Waals surface area contributed by atoms with Crippen molar-refractivity contribution in [3.8, 4) is 0 Å². The average molecular weight is 488 g/mol. The highest BCUT2D eigenvalue weighted by Crippen LogP contribution is 2.67. The van der Waals surface area contributed by atoms with Crippen LogP contribution >= 0.6 is 24.3 Å². The van der Waals surface area contributed by atoms with Gasteiger partial charge in [0.2, 0.25) is 0 Å². The van der Waals surface area contributed by atoms with Crippen molar-refractivity contribution in [3.05, 3.63) is 12.2 Å². The van der Waals surface area contributed by atoms with Gasteiger partial charge in [-0.05, 0) is 60.7 Å². The lowest BCUT2D eigenvalue weighted by atomic mass is 9.41. The minimum Gasteiger partial charge on any atom is -0.297 e. The Labute approximate surface area is 183 Å². The predicted octanol–water partition coefficient (Wildman–Crippen LogP) is 7.03. The topological polar surface area (TPSA) is 130 Å². The molecule has 11 heteroatoms. The van der Waals surface area contributed by atoms with Crippen LogP contribution in [0.3, 0.4) is 0 Å². The molecule has 30 heavy (non-hydrogen) atoms. The zero-order valence-corrected chi connectivity index (χ0v) is 21.9. The van der Waals surface area contributed by atoms with Gasteiger partial charge in [0.15, 0.2) is 0 Å². The highest BCUT2D eigenvalue weighted by molar-refractivity contribution is 7.60. The van der Waals surface area contributed by atoms with E-state index in [1.165, 1.54) is 38.5 Å². The van der Waals surface area contributed by atoms with Gasteiger partial charge in [0.05, 0.1) is 0 Å². The number of phosphoric acid groups is 1. The van der Waals surface area contributed by atoms with Crippen molar-refractivity contribution in [2.45, 2.75) is 87.0 Å². The van der Waals surface area contributed by atoms with Gasteiger partial charge < -0.3 is 0 Å². The van der Waals surface area contributed by atoms with Crippen LogP contribution in [-0.4, -0.2) is 14.7 Å². The summed E-state index contributed by atoms with van der Waals surface area (Å²) in [6, 6.07) is 0. The Kier molecular flexibility index (Phi) is 12.3. The third-order valence-corrected chi connectivity index (χ3v) is 10.2. The van der Waals surface area contributed by atoms with E-state index in [9.17, 15) is 13.7 Å². The normalized spacial score (nSPS) is 27.5. The Morgan fingerprint density at radius 1 is 0.900 bits per heavy atom. The van der Waals surface area contributed by atoms with E-state index < -0.39 is 24.3 Å². The SMILES string of the molecule is CCC1C=CC(C)(CC)C(CC)(CC)C1(CC)CC.O=[P+](O)OP(=O)(O)O[P+](=O)O. The van der Waals surface area contributed by atoms with Gasteiger partial charge in [-0.3, -0.25) is 4.89 Å². The molecule has 0 bridgehead atoms. The standard InChI is InChI=1S/C19H36.HO8P3/c1-8-16-14-15-17(7,9-2)19(12-5,13-6)18(16,10-3)11-4;1-9(2)7-11(5,6)8-10(3)4/h14-16H,8-13H2,1-7H3;(H-2,1,2,3,4,5,6)/p+2. The summed E-state index contributed by atoms with van der Waals surface area (Å²) in [5.74, 6) is 0.766. The fourth-order valence-electron chi connectivity index (χ4n) is 5.98. The van der Waals surface area contributed by atoms with Crippen molar-refractivity contribution in [3.63, 3.8) is 0 Å². The van der Waals surface area contributed by atoms with E-state index in [4.69, 9.17) is 14.7 Å². The van der Waals surface area contributed by atoms with Gasteiger partial charge in [0.1, 0.15) is 0 Å². The maximum absolute atomic E-state index is 10.3. The first-order valence-electron chi connectivity index (χ1n) is 10.5. The Bertz CT molecular complexity index is 638. The summed E-state index contributed by atoms with van der Waals surface area (Å²) < 4.78 is 36.4. The van der Waals surface area contributed by atoms with Crippen LogP contribution in [0.25, 0.3) is 0 Å². The largest absolute Gasteiger partial charge is 0.705 e. The number of allylic oxidation sites excluding steroid dienone is 2. The molecule has 0 aromatic rings. The first-order chi connectivity index (χ1) is 13.8. The second kappa shape index (κ2) is 12.3. The van der Waals surface area contributed by atoms with E-state index in [1.807, 2.05) is 0 Å². The van der Waals surface area contributed by atoms with Crippen molar-refractivity contribution in [1.29, 1.82) is 0 Å². The molecule has 3 N–H and O–H groups in total. The molecule has 4 unspecified atom stereocenters. The van der Waals surface area contributed by atoms with E-state index in [2.05, 4.69) is 69.2 Å². The highest BCUT2D eigenvalue weighted by atomic mass is 31.3. The van der Waals surface area contributed by atoms with Gasteiger partial charge in [0, 0.05) is 17.8 Å². The van der Waals surface area contributed by atoms with Gasteiger partial charge in [0.25, 0.3) is 0 Å². The summed E-state index contributed by atoms with van der Waals surface area (Å²) in [6.45, 7) is 17.0. The van der Waals surface area contributed by atoms with Gasteiger partial charge in [-0.15, -0.1) is 9.79 Å². The molecule has 0 saturated carbocycles. The fourth-order valence-corrected chi connectivity index (χ4v) is 7.78. The van der Waals surface area contributed by atoms with E-state index in [-0.39, 0.29) is 0 Å². The van der Waals surface area contributed by atoms with Crippen LogP contribution in [0.1, 0.15) is 87.0 Å². The summed E-state index contributed by atoms with van der Waals surface area (Å²) in [7, 11) is -11.6. The third kappa shape index (κ3) is 6.27. The van der Waals surface area contributed by atoms with Crippen molar-refractivity contribution in [2.75, 3.05) is 0 Å². The van der Waals surface area contributed by atoms with Crippen molar-refractivity contribution in [1.82, 2.24) is 0 Å². The van der Waals surface area contributed by atoms with Crippen LogP contribution in [0.5, 0.6) is 0 Å². The Balaban J connectivity index is 0.000000654. The molecule has 0 saturated heterocycles. The molecule has 1 aliphatic rings. The second-order valence-electron chi connectivity index (χ2n) is 7.90. The first kappa shape index (κ1) is 30.0. The van der Waals surface area contributed by atoms with Crippen LogP contribution in [0.2, 0.25) is 0 Å². The fraction of sp³-hybridized carbons (Fsp3) is 0.895. The molecule has 0 aromatic heterocycles. The summed E-state index contributed by atoms with van der Waals surface area (Å²) in [5.41, 5.74) is 1.33. The Morgan fingerprint density at radius 3 is 1.60 bits per heavy atom. The molecule has 4 atom stereocenters. The summed E-state index contributed by atoms with van der Waals surface area (Å²) >= 11 is 0. The molecule has 0 spiro atoms. The molecule has 8 nitrogen and oxygen atoms in total. The molecule has 0 aromatic carbocycles. The van der Waals surface area contributed by atoms with Crippen LogP contribution in [0.15, 0.2) is 12.2 Å². The lowest BCUT2D eigenvalue weighted by Crippen LogP contribution is -2.56. The van der Waals surface area contributed by atoms with E-state index in [0.717, 1.165) is 5.92 Å². The summed E-state index contributed by atoms with van der Waals surface area (Å²) in [5, 5.41) is 0. The van der Waals surface area contributed by atoms with E-state index in [0.29, 0.717) is 16.2 Å². The molecule has 1 aliphatic carbocycles. The molecular weight excluding hydrogens is 449 g/mol.